The number of hydrogen-bond donors (Lipinski definition) is 1. The Balaban J connectivity index is 1.84. The van der Waals surface area contributed by atoms with Gasteiger partial charge in [-0.15, -0.1) is 0 Å². The van der Waals surface area contributed by atoms with Crippen LogP contribution in [0.4, 0.5) is 5.69 Å². The number of piperidine rings is 1. The molecule has 1 N–H and O–H groups in total. The number of non-ortho nitro benzene ring substituents is 1. The van der Waals surface area contributed by atoms with Crippen molar-refractivity contribution in [1.29, 1.82) is 0 Å². The number of nitrogens with one attached hydrogen (secondary N) is 1. The smallest absolute Gasteiger partial charge is 0.328 e. The lowest BCUT2D eigenvalue weighted by molar-refractivity contribution is -0.384. The Bertz CT molecular complexity index is 736. The van der Waals surface area contributed by atoms with Crippen molar-refractivity contribution in [3.05, 3.63) is 39.9 Å². The summed E-state index contributed by atoms with van der Waals surface area (Å²) in [4.78, 5) is 48.1. The van der Waals surface area contributed by atoms with Gasteiger partial charge in [-0.3, -0.25) is 19.7 Å². The summed E-state index contributed by atoms with van der Waals surface area (Å²) in [5.74, 6) is -1.22. The molecule has 1 saturated heterocycles. The highest BCUT2D eigenvalue weighted by atomic mass is 16.6. The molecule has 2 atom stereocenters. The highest BCUT2D eigenvalue weighted by Gasteiger charge is 2.24. The number of amides is 2. The van der Waals surface area contributed by atoms with Crippen molar-refractivity contribution in [2.24, 2.45) is 5.92 Å². The van der Waals surface area contributed by atoms with Gasteiger partial charge >= 0.3 is 5.97 Å². The number of benzene rings is 1. The van der Waals surface area contributed by atoms with Crippen LogP contribution in [0.3, 0.4) is 0 Å². The Kier molecular flexibility index (Phi) is 6.86. The molecule has 1 aromatic carbocycles. The molecule has 0 radical (unpaired) electrons. The van der Waals surface area contributed by atoms with Gasteiger partial charge in [0.25, 0.3) is 17.5 Å². The van der Waals surface area contributed by atoms with Crippen LogP contribution < -0.4 is 5.32 Å². The Hall–Kier alpha value is -2.97. The molecule has 0 aromatic heterocycles. The van der Waals surface area contributed by atoms with E-state index in [4.69, 9.17) is 4.74 Å². The van der Waals surface area contributed by atoms with Crippen LogP contribution in [0.1, 0.15) is 37.0 Å². The molecule has 1 aliphatic heterocycles. The second-order valence-electron chi connectivity index (χ2n) is 6.70. The molecule has 0 aliphatic carbocycles. The lowest BCUT2D eigenvalue weighted by atomic mass is 10.0. The van der Waals surface area contributed by atoms with Gasteiger partial charge in [0, 0.05) is 30.8 Å². The van der Waals surface area contributed by atoms with Gasteiger partial charge in [0.05, 0.1) is 4.92 Å². The lowest BCUT2D eigenvalue weighted by Gasteiger charge is -2.30. The summed E-state index contributed by atoms with van der Waals surface area (Å²) in [6, 6.07) is 4.18. The minimum Gasteiger partial charge on any atom is -0.454 e. The van der Waals surface area contributed by atoms with Gasteiger partial charge < -0.3 is 15.0 Å². The van der Waals surface area contributed by atoms with E-state index in [1.54, 1.807) is 4.90 Å². The SMILES string of the molecule is CC1CCCN(C(=O)COC(=O)[C@H](C)NC(=O)c2cccc([N+](=O)[O-])c2)C1. The van der Waals surface area contributed by atoms with E-state index in [1.807, 2.05) is 0 Å². The number of esters is 1. The molecule has 1 heterocycles. The molecule has 1 fully saturated rings. The van der Waals surface area contributed by atoms with Crippen molar-refractivity contribution >= 4 is 23.5 Å². The number of carbonyl (C=O) groups is 3. The van der Waals surface area contributed by atoms with Gasteiger partial charge in [-0.1, -0.05) is 13.0 Å². The molecule has 1 aliphatic rings. The van der Waals surface area contributed by atoms with Crippen LogP contribution in [0.25, 0.3) is 0 Å². The van der Waals surface area contributed by atoms with Gasteiger partial charge in [-0.2, -0.15) is 0 Å². The number of nitro groups is 1. The predicted octanol–water partition coefficient (Wildman–Crippen LogP) is 1.51. The number of ether oxygens (including phenoxy) is 1. The summed E-state index contributed by atoms with van der Waals surface area (Å²) in [6.07, 6.45) is 2.00. The molecule has 9 nitrogen and oxygen atoms in total. The molecule has 0 saturated carbocycles. The predicted molar refractivity (Wildman–Crippen MR) is 96.0 cm³/mol. The van der Waals surface area contributed by atoms with Crippen LogP contribution >= 0.6 is 0 Å². The largest absolute Gasteiger partial charge is 0.454 e. The fourth-order valence-corrected chi connectivity index (χ4v) is 2.86. The van der Waals surface area contributed by atoms with Crippen molar-refractivity contribution in [1.82, 2.24) is 10.2 Å². The van der Waals surface area contributed by atoms with E-state index >= 15 is 0 Å². The molecule has 2 amide bonds. The first-order valence-corrected chi connectivity index (χ1v) is 8.77. The second-order valence-corrected chi connectivity index (χ2v) is 6.70. The van der Waals surface area contributed by atoms with Crippen LogP contribution in [0.5, 0.6) is 0 Å². The van der Waals surface area contributed by atoms with E-state index < -0.39 is 22.8 Å². The molecular formula is C18H23N3O6. The van der Waals surface area contributed by atoms with E-state index in [9.17, 15) is 24.5 Å². The number of carbonyl (C=O) groups excluding carboxylic acids is 3. The van der Waals surface area contributed by atoms with Gasteiger partial charge in [-0.25, -0.2) is 4.79 Å². The van der Waals surface area contributed by atoms with Crippen LogP contribution in [0.2, 0.25) is 0 Å². The Morgan fingerprint density at radius 1 is 1.41 bits per heavy atom. The van der Waals surface area contributed by atoms with Crippen molar-refractivity contribution in [2.45, 2.75) is 32.7 Å². The highest BCUT2D eigenvalue weighted by molar-refractivity contribution is 5.97. The third kappa shape index (κ3) is 5.77. The van der Waals surface area contributed by atoms with Crippen molar-refractivity contribution < 1.29 is 24.0 Å². The quantitative estimate of drug-likeness (QED) is 0.456. The summed E-state index contributed by atoms with van der Waals surface area (Å²) in [5.41, 5.74) is -0.165. The maximum Gasteiger partial charge on any atom is 0.328 e. The molecule has 0 bridgehead atoms. The molecule has 9 heteroatoms. The average Bonchev–Trinajstić information content (AvgIpc) is 2.65. The summed E-state index contributed by atoms with van der Waals surface area (Å²) in [5, 5.41) is 13.2. The third-order valence-electron chi connectivity index (χ3n) is 4.37. The van der Waals surface area contributed by atoms with Gasteiger partial charge in [-0.05, 0) is 31.7 Å². The average molecular weight is 377 g/mol. The zero-order valence-corrected chi connectivity index (χ0v) is 15.3. The second kappa shape index (κ2) is 9.11. The number of hydrogen-bond acceptors (Lipinski definition) is 6. The molecular weight excluding hydrogens is 354 g/mol. The third-order valence-corrected chi connectivity index (χ3v) is 4.37. The first-order chi connectivity index (χ1) is 12.8. The van der Waals surface area contributed by atoms with Crippen LogP contribution in [-0.4, -0.2) is 53.3 Å². The molecule has 146 valence electrons. The van der Waals surface area contributed by atoms with Crippen molar-refractivity contribution in [2.75, 3.05) is 19.7 Å². The van der Waals surface area contributed by atoms with Crippen molar-refractivity contribution in [3.8, 4) is 0 Å². The zero-order chi connectivity index (χ0) is 20.0. The number of likely N-dealkylation sites (tertiary alicyclic amines) is 1. The summed E-state index contributed by atoms with van der Waals surface area (Å²) in [6.45, 7) is 4.42. The van der Waals surface area contributed by atoms with Crippen molar-refractivity contribution in [3.63, 3.8) is 0 Å². The highest BCUT2D eigenvalue weighted by Crippen LogP contribution is 2.15. The molecule has 1 aromatic rings. The summed E-state index contributed by atoms with van der Waals surface area (Å²) in [7, 11) is 0. The maximum absolute atomic E-state index is 12.1. The van der Waals surface area contributed by atoms with E-state index in [0.29, 0.717) is 19.0 Å². The Labute approximate surface area is 156 Å². The van der Waals surface area contributed by atoms with E-state index in [0.717, 1.165) is 18.9 Å². The fourth-order valence-electron chi connectivity index (χ4n) is 2.86. The first kappa shape index (κ1) is 20.3. The monoisotopic (exact) mass is 377 g/mol. The summed E-state index contributed by atoms with van der Waals surface area (Å²) < 4.78 is 5.00. The first-order valence-electron chi connectivity index (χ1n) is 8.77. The van der Waals surface area contributed by atoms with E-state index in [2.05, 4.69) is 12.2 Å². The number of nitrogens with zero attached hydrogens (tertiary/aromatic N) is 2. The lowest BCUT2D eigenvalue weighted by Crippen LogP contribution is -2.43. The molecule has 0 spiro atoms. The molecule has 1 unspecified atom stereocenters. The normalized spacial score (nSPS) is 17.7. The Morgan fingerprint density at radius 2 is 2.15 bits per heavy atom. The minimum atomic E-state index is -0.996. The fraction of sp³-hybridized carbons (Fsp3) is 0.500. The standard InChI is InChI=1S/C18H23N3O6/c1-12-5-4-8-20(10-12)16(22)11-27-18(24)13(2)19-17(23)14-6-3-7-15(9-14)21(25)26/h3,6-7,9,12-13H,4-5,8,10-11H2,1-2H3,(H,19,23)/t12?,13-/m0/s1. The van der Waals surface area contributed by atoms with Gasteiger partial charge in [0.2, 0.25) is 0 Å². The number of nitro benzene ring substituents is 1. The van der Waals surface area contributed by atoms with E-state index in [1.165, 1.54) is 25.1 Å². The van der Waals surface area contributed by atoms with Crippen LogP contribution in [-0.2, 0) is 14.3 Å². The van der Waals surface area contributed by atoms with Gasteiger partial charge in [0.15, 0.2) is 6.61 Å². The van der Waals surface area contributed by atoms with E-state index in [-0.39, 0.29) is 23.8 Å². The topological polar surface area (TPSA) is 119 Å². The number of rotatable bonds is 6. The maximum atomic E-state index is 12.1. The minimum absolute atomic E-state index is 0.0576. The van der Waals surface area contributed by atoms with Crippen LogP contribution in [0, 0.1) is 16.0 Å². The van der Waals surface area contributed by atoms with Gasteiger partial charge in [0.1, 0.15) is 6.04 Å². The summed E-state index contributed by atoms with van der Waals surface area (Å²) >= 11 is 0. The Morgan fingerprint density at radius 3 is 2.81 bits per heavy atom. The van der Waals surface area contributed by atoms with Crippen LogP contribution in [0.15, 0.2) is 24.3 Å². The molecule has 2 rings (SSSR count). The molecule has 27 heavy (non-hydrogen) atoms. The zero-order valence-electron chi connectivity index (χ0n) is 15.3.